The van der Waals surface area contributed by atoms with Crippen LogP contribution >= 0.6 is 0 Å². The Hall–Kier alpha value is -5.12. The Bertz CT molecular complexity index is 2070. The average molecular weight is 836 g/mol. The Morgan fingerprint density at radius 2 is 1.60 bits per heavy atom. The number of hydrogen-bond donors (Lipinski definition) is 7. The van der Waals surface area contributed by atoms with Crippen LogP contribution in [0.15, 0.2) is 41.2 Å². The highest BCUT2D eigenvalue weighted by Crippen LogP contribution is 2.55. The molecule has 15 nitrogen and oxygen atoms in total. The molecule has 15 heteroatoms. The number of nitrogens with zero attached hydrogens (tertiary/aromatic N) is 1. The summed E-state index contributed by atoms with van der Waals surface area (Å²) in [7, 11) is 1.44. The van der Waals surface area contributed by atoms with Crippen LogP contribution in [0, 0.1) is 30.6 Å². The molecule has 5 bridgehead atoms. The lowest BCUT2D eigenvalue weighted by molar-refractivity contribution is -0.160. The number of Topliss-reactive ketones (excluding diaryl/α,β-unsaturated/α-hetero) is 1. The predicted molar refractivity (Wildman–Crippen MR) is 226 cm³/mol. The number of aliphatic hydroxyl groups excluding tert-OH is 2. The molecule has 9 unspecified atom stereocenters. The molecule has 4 aliphatic rings. The SMILES string of the molecule is COC1/C=C/OC2(C)Oc3c(C)c(O)c4c(O)c(c(/C=N\NC5CCCCCC5)c(O)c4c3C2=O)NC(=O)/C(C)=C\C=C\C(C)C(O)C(C)C(O)C(C)C(OC(C)=O)C1C. The quantitative estimate of drug-likeness (QED) is 0.0433. The molecule has 60 heavy (non-hydrogen) atoms. The summed E-state index contributed by atoms with van der Waals surface area (Å²) in [5.41, 5.74) is 2.78. The fraction of sp³-hybridized carbons (Fsp3) is 0.556. The number of ketones is 1. The largest absolute Gasteiger partial charge is 0.507 e. The maximum atomic E-state index is 14.4. The third kappa shape index (κ3) is 9.27. The molecule has 6 rings (SSSR count). The van der Waals surface area contributed by atoms with E-state index in [0.29, 0.717) is 0 Å². The van der Waals surface area contributed by atoms with E-state index < -0.39 is 88.8 Å². The molecule has 3 aliphatic heterocycles. The zero-order chi connectivity index (χ0) is 44.2. The number of rotatable bonds is 5. The molecule has 0 radical (unpaired) electrons. The van der Waals surface area contributed by atoms with Crippen molar-refractivity contribution in [2.24, 2.45) is 28.8 Å². The number of nitrogens with one attached hydrogen (secondary N) is 2. The molecule has 2 aromatic carbocycles. The van der Waals surface area contributed by atoms with Gasteiger partial charge >= 0.3 is 11.8 Å². The maximum Gasteiger partial charge on any atom is 0.312 e. The standard InChI is InChI=1S/C45H61N3O12/c1-22-15-14-16-23(2)44(56)47-35-30(21-46-48-29-17-12-10-11-13-18-29)39(53)32-33(40(35)54)38(52)27(6)42-34(32)43(55)45(8,60-42)58-20-19-31(57-9)24(3)41(59-28(7)49)26(5)37(51)25(4)36(22)50/h14-16,19-22,24-26,29,31,36-37,41,48,50-54H,10-13,17-18H2,1-9H3,(H,47,56)/b15-14+,20-19+,23-16-,46-21-. The van der Waals surface area contributed by atoms with E-state index in [4.69, 9.17) is 18.9 Å². The molecular formula is C45H61N3O12. The topological polar surface area (TPSA) is 226 Å². The number of aromatic hydroxyl groups is 3. The van der Waals surface area contributed by atoms with Gasteiger partial charge in [-0.3, -0.25) is 14.4 Å². The van der Waals surface area contributed by atoms with E-state index in [1.165, 1.54) is 59.4 Å². The van der Waals surface area contributed by atoms with Crippen molar-refractivity contribution in [2.75, 3.05) is 12.4 Å². The van der Waals surface area contributed by atoms with Crippen LogP contribution in [0.3, 0.4) is 0 Å². The van der Waals surface area contributed by atoms with Crippen LogP contribution in [0.25, 0.3) is 10.8 Å². The minimum atomic E-state index is -2.04. The predicted octanol–water partition coefficient (Wildman–Crippen LogP) is 6.40. The molecule has 2 aromatic rings. The Morgan fingerprint density at radius 3 is 2.23 bits per heavy atom. The van der Waals surface area contributed by atoms with Gasteiger partial charge < -0.3 is 55.2 Å². The summed E-state index contributed by atoms with van der Waals surface area (Å²) >= 11 is 0. The Kier molecular flexibility index (Phi) is 14.6. The number of phenols is 3. The first-order chi connectivity index (χ1) is 28.3. The summed E-state index contributed by atoms with van der Waals surface area (Å²) in [6.45, 7) is 12.5. The van der Waals surface area contributed by atoms with Gasteiger partial charge in [-0.15, -0.1) is 0 Å². The second kappa shape index (κ2) is 19.1. The highest BCUT2D eigenvalue weighted by molar-refractivity contribution is 6.23. The Balaban J connectivity index is 1.69. The zero-order valence-corrected chi connectivity index (χ0v) is 35.9. The number of ether oxygens (including phenoxy) is 4. The summed E-state index contributed by atoms with van der Waals surface area (Å²) in [5.74, 6) is -8.33. The third-order valence-electron chi connectivity index (χ3n) is 12.3. The number of carbonyl (C=O) groups excluding carboxylic acids is 3. The number of amides is 1. The van der Waals surface area contributed by atoms with Crippen molar-refractivity contribution in [3.8, 4) is 23.0 Å². The monoisotopic (exact) mass is 835 g/mol. The van der Waals surface area contributed by atoms with Gasteiger partial charge in [0.15, 0.2) is 5.75 Å². The number of hydrogen-bond acceptors (Lipinski definition) is 14. The van der Waals surface area contributed by atoms with Crippen LogP contribution in [-0.4, -0.2) is 92.8 Å². The molecule has 1 aliphatic carbocycles. The van der Waals surface area contributed by atoms with Crippen molar-refractivity contribution >= 4 is 40.3 Å². The first kappa shape index (κ1) is 46.0. The second-order valence-corrected chi connectivity index (χ2v) is 16.7. The van der Waals surface area contributed by atoms with E-state index in [9.17, 15) is 39.9 Å². The lowest BCUT2D eigenvalue weighted by Gasteiger charge is -2.38. The van der Waals surface area contributed by atoms with Crippen molar-refractivity contribution < 1.29 is 58.9 Å². The van der Waals surface area contributed by atoms with Crippen molar-refractivity contribution in [3.05, 3.63) is 52.8 Å². The van der Waals surface area contributed by atoms with E-state index in [-0.39, 0.29) is 50.5 Å². The number of fused-ring (bicyclic) bond motifs is 14. The van der Waals surface area contributed by atoms with Crippen LogP contribution in [0.2, 0.25) is 0 Å². The Labute approximate surface area is 351 Å². The van der Waals surface area contributed by atoms with Crippen LogP contribution in [0.1, 0.15) is 108 Å². The zero-order valence-electron chi connectivity index (χ0n) is 35.9. The number of aliphatic hydroxyl groups is 2. The van der Waals surface area contributed by atoms with Gasteiger partial charge in [-0.25, -0.2) is 0 Å². The lowest BCUT2D eigenvalue weighted by Crippen LogP contribution is -2.46. The summed E-state index contributed by atoms with van der Waals surface area (Å²) in [5, 5.41) is 65.0. The minimum absolute atomic E-state index is 0.0583. The fourth-order valence-electron chi connectivity index (χ4n) is 8.49. The van der Waals surface area contributed by atoms with Gasteiger partial charge in [-0.1, -0.05) is 71.6 Å². The van der Waals surface area contributed by atoms with Gasteiger partial charge in [0.2, 0.25) is 0 Å². The number of esters is 1. The van der Waals surface area contributed by atoms with E-state index in [1.54, 1.807) is 39.8 Å². The van der Waals surface area contributed by atoms with Crippen molar-refractivity contribution in [1.82, 2.24) is 5.43 Å². The smallest absolute Gasteiger partial charge is 0.312 e. The number of carbonyl (C=O) groups is 3. The minimum Gasteiger partial charge on any atom is -0.507 e. The van der Waals surface area contributed by atoms with Crippen molar-refractivity contribution in [2.45, 2.75) is 130 Å². The average Bonchev–Trinajstić information content (AvgIpc) is 3.34. The van der Waals surface area contributed by atoms with E-state index in [2.05, 4.69) is 15.8 Å². The molecule has 0 saturated heterocycles. The molecule has 328 valence electrons. The number of hydrazone groups is 1. The third-order valence-corrected chi connectivity index (χ3v) is 12.3. The highest BCUT2D eigenvalue weighted by Gasteiger charge is 2.50. The number of methoxy groups -OCH3 is 1. The normalized spacial score (nSPS) is 31.8. The summed E-state index contributed by atoms with van der Waals surface area (Å²) in [6.07, 6.45) is 10.9. The maximum absolute atomic E-state index is 14.4. The van der Waals surface area contributed by atoms with E-state index >= 15 is 0 Å². The van der Waals surface area contributed by atoms with Crippen molar-refractivity contribution in [3.63, 3.8) is 0 Å². The number of allylic oxidation sites excluding steroid dienone is 2. The molecule has 1 saturated carbocycles. The first-order valence-electron chi connectivity index (χ1n) is 20.7. The number of benzene rings is 2. The van der Waals surface area contributed by atoms with Gasteiger partial charge in [0.25, 0.3) is 11.7 Å². The Morgan fingerprint density at radius 1 is 0.933 bits per heavy atom. The van der Waals surface area contributed by atoms with Crippen LogP contribution in [0.5, 0.6) is 23.0 Å². The van der Waals surface area contributed by atoms with Gasteiger partial charge in [0, 0.05) is 67.2 Å². The molecular weight excluding hydrogens is 775 g/mol. The van der Waals surface area contributed by atoms with Crippen LogP contribution < -0.4 is 15.5 Å². The van der Waals surface area contributed by atoms with Crippen LogP contribution in [-0.2, 0) is 23.8 Å². The number of anilines is 1. The summed E-state index contributed by atoms with van der Waals surface area (Å²) in [4.78, 5) is 40.5. The second-order valence-electron chi connectivity index (χ2n) is 16.7. The lowest BCUT2D eigenvalue weighted by atomic mass is 9.78. The summed E-state index contributed by atoms with van der Waals surface area (Å²) < 4.78 is 23.6. The van der Waals surface area contributed by atoms with E-state index in [1.807, 2.05) is 0 Å². The van der Waals surface area contributed by atoms with Crippen molar-refractivity contribution in [1.29, 1.82) is 0 Å². The van der Waals surface area contributed by atoms with Crippen LogP contribution in [0.4, 0.5) is 5.69 Å². The van der Waals surface area contributed by atoms with Gasteiger partial charge in [-0.05, 0) is 32.8 Å². The highest BCUT2D eigenvalue weighted by atomic mass is 16.7. The van der Waals surface area contributed by atoms with E-state index in [0.717, 1.165) is 38.5 Å². The van der Waals surface area contributed by atoms with Gasteiger partial charge in [0.1, 0.15) is 23.4 Å². The molecule has 0 aromatic heterocycles. The molecule has 3 heterocycles. The molecule has 9 atom stereocenters. The van der Waals surface area contributed by atoms with Gasteiger partial charge in [0.05, 0.1) is 53.0 Å². The molecule has 1 amide bonds. The first-order valence-corrected chi connectivity index (χ1v) is 20.7. The summed E-state index contributed by atoms with van der Waals surface area (Å²) in [6, 6.07) is 0.0598. The molecule has 0 spiro atoms. The molecule has 7 N–H and O–H groups in total. The van der Waals surface area contributed by atoms with Gasteiger partial charge in [-0.2, -0.15) is 5.10 Å². The molecule has 1 fully saturated rings. The fourth-order valence-corrected chi connectivity index (χ4v) is 8.49. The number of phenolic OH excluding ortho intramolecular Hbond substituents is 3.